The molecule has 2 aromatic carbocycles. The molecule has 5 nitrogen and oxygen atoms in total. The smallest absolute Gasteiger partial charge is 0.231 e. The maximum absolute atomic E-state index is 13.4. The van der Waals surface area contributed by atoms with Gasteiger partial charge >= 0.3 is 0 Å². The van der Waals surface area contributed by atoms with Crippen molar-refractivity contribution in [3.63, 3.8) is 0 Å². The van der Waals surface area contributed by atoms with Crippen LogP contribution in [0.2, 0.25) is 0 Å². The fraction of sp³-hybridized carbons (Fsp3) is 0.417. The van der Waals surface area contributed by atoms with Gasteiger partial charge in [0.2, 0.25) is 5.91 Å². The van der Waals surface area contributed by atoms with Crippen molar-refractivity contribution in [2.24, 2.45) is 11.0 Å². The summed E-state index contributed by atoms with van der Waals surface area (Å²) in [6.07, 6.45) is 3.89. The number of hydrogen-bond acceptors (Lipinski definition) is 5. The number of nitrogens with zero attached hydrogens (tertiary/aromatic N) is 3. The molecule has 3 unspecified atom stereocenters. The zero-order valence-electron chi connectivity index (χ0n) is 17.6. The van der Waals surface area contributed by atoms with Crippen LogP contribution >= 0.6 is 11.8 Å². The Morgan fingerprint density at radius 3 is 2.55 bits per heavy atom. The van der Waals surface area contributed by atoms with Gasteiger partial charge in [0.15, 0.2) is 11.5 Å². The highest BCUT2D eigenvalue weighted by molar-refractivity contribution is 8.13. The van der Waals surface area contributed by atoms with Crippen LogP contribution in [-0.4, -0.2) is 33.2 Å². The van der Waals surface area contributed by atoms with E-state index in [1.165, 1.54) is 23.3 Å². The average molecular weight is 439 g/mol. The molecule has 0 radical (unpaired) electrons. The van der Waals surface area contributed by atoms with Crippen LogP contribution in [-0.2, 0) is 17.1 Å². The lowest BCUT2D eigenvalue weighted by Crippen LogP contribution is -2.66. The predicted molar refractivity (Wildman–Crippen MR) is 121 cm³/mol. The van der Waals surface area contributed by atoms with Gasteiger partial charge in [0.1, 0.15) is 5.82 Å². The van der Waals surface area contributed by atoms with E-state index in [1.54, 1.807) is 23.9 Å². The first kappa shape index (κ1) is 20.4. The van der Waals surface area contributed by atoms with E-state index in [1.807, 2.05) is 4.90 Å². The Hall–Kier alpha value is -2.54. The van der Waals surface area contributed by atoms with E-state index in [0.29, 0.717) is 6.54 Å². The first-order valence-corrected chi connectivity index (χ1v) is 11.9. The van der Waals surface area contributed by atoms with Crippen molar-refractivity contribution < 1.29 is 9.18 Å². The Kier molecular flexibility index (Phi) is 5.61. The van der Waals surface area contributed by atoms with E-state index in [2.05, 4.69) is 46.6 Å². The summed E-state index contributed by atoms with van der Waals surface area (Å²) in [4.78, 5) is 17.6. The van der Waals surface area contributed by atoms with Gasteiger partial charge in [-0.3, -0.25) is 15.1 Å². The summed E-state index contributed by atoms with van der Waals surface area (Å²) >= 11 is 1.72. The van der Waals surface area contributed by atoms with Crippen molar-refractivity contribution in [2.45, 2.75) is 57.2 Å². The van der Waals surface area contributed by atoms with E-state index in [-0.39, 0.29) is 30.0 Å². The van der Waals surface area contributed by atoms with Gasteiger partial charge in [0, 0.05) is 18.3 Å². The van der Waals surface area contributed by atoms with Crippen LogP contribution in [0.5, 0.6) is 0 Å². The number of nitrogens with one attached hydrogen (secondary N) is 1. The summed E-state index contributed by atoms with van der Waals surface area (Å²) in [6, 6.07) is 15.2. The standard InChI is InChI=1S/C24H27FN4OS/c1-16-6-8-18(9-7-16)15-31-24-27-26-23-28(14-17-10-12-19(25)13-11-17)22(30)20-4-2-3-5-21(20)29(23)24/h6-13,20-21,23,26H,2-5,14-15H2,1H3. The number of hydrogen-bond donors (Lipinski definition) is 1. The van der Waals surface area contributed by atoms with Gasteiger partial charge in [-0.2, -0.15) is 5.10 Å². The highest BCUT2D eigenvalue weighted by Crippen LogP contribution is 2.39. The molecule has 2 fully saturated rings. The number of amidine groups is 1. The third-order valence-corrected chi connectivity index (χ3v) is 7.53. The minimum absolute atomic E-state index is 0.00415. The molecule has 31 heavy (non-hydrogen) atoms. The largest absolute Gasteiger partial charge is 0.307 e. The average Bonchev–Trinajstić information content (AvgIpc) is 3.21. The lowest BCUT2D eigenvalue weighted by atomic mass is 9.81. The van der Waals surface area contributed by atoms with Crippen molar-refractivity contribution in [3.05, 3.63) is 71.0 Å². The maximum atomic E-state index is 13.4. The molecule has 2 heterocycles. The summed E-state index contributed by atoms with van der Waals surface area (Å²) in [5, 5.41) is 5.60. The second kappa shape index (κ2) is 8.54. The third kappa shape index (κ3) is 4.03. The number of carbonyl (C=O) groups is 1. The van der Waals surface area contributed by atoms with Crippen molar-refractivity contribution >= 4 is 22.8 Å². The molecule has 0 spiro atoms. The van der Waals surface area contributed by atoms with Crippen LogP contribution in [0, 0.1) is 18.7 Å². The molecule has 2 aliphatic heterocycles. The molecule has 1 saturated carbocycles. The first-order valence-electron chi connectivity index (χ1n) is 10.9. The highest BCUT2D eigenvalue weighted by Gasteiger charge is 2.50. The van der Waals surface area contributed by atoms with Crippen LogP contribution in [0.4, 0.5) is 4.39 Å². The molecule has 7 heteroatoms. The molecule has 0 bridgehead atoms. The first-order chi connectivity index (χ1) is 15.1. The topological polar surface area (TPSA) is 47.9 Å². The van der Waals surface area contributed by atoms with Crippen molar-refractivity contribution in [1.29, 1.82) is 0 Å². The summed E-state index contributed by atoms with van der Waals surface area (Å²) in [5.41, 5.74) is 6.66. The molecule has 1 aliphatic carbocycles. The van der Waals surface area contributed by atoms with Crippen LogP contribution in [0.3, 0.4) is 0 Å². The lowest BCUT2D eigenvalue weighted by Gasteiger charge is -2.50. The van der Waals surface area contributed by atoms with E-state index >= 15 is 0 Å². The quantitative estimate of drug-likeness (QED) is 0.767. The fourth-order valence-electron chi connectivity index (χ4n) is 4.84. The van der Waals surface area contributed by atoms with Crippen molar-refractivity contribution in [1.82, 2.24) is 15.2 Å². The Morgan fingerprint density at radius 2 is 1.77 bits per heavy atom. The van der Waals surface area contributed by atoms with E-state index in [4.69, 9.17) is 0 Å². The van der Waals surface area contributed by atoms with Gasteiger partial charge in [0.05, 0.1) is 5.92 Å². The summed E-state index contributed by atoms with van der Waals surface area (Å²) in [5.74, 6) is 0.755. The molecular weight excluding hydrogens is 411 g/mol. The lowest BCUT2D eigenvalue weighted by molar-refractivity contribution is -0.156. The molecule has 3 aliphatic rings. The van der Waals surface area contributed by atoms with Gasteiger partial charge in [0.25, 0.3) is 0 Å². The van der Waals surface area contributed by atoms with Crippen LogP contribution < -0.4 is 5.43 Å². The zero-order valence-corrected chi connectivity index (χ0v) is 18.4. The number of benzene rings is 2. The summed E-state index contributed by atoms with van der Waals surface area (Å²) < 4.78 is 13.4. The Labute approximate surface area is 186 Å². The van der Waals surface area contributed by atoms with Crippen molar-refractivity contribution in [3.8, 4) is 0 Å². The molecule has 162 valence electrons. The van der Waals surface area contributed by atoms with Crippen LogP contribution in [0.15, 0.2) is 53.6 Å². The Morgan fingerprint density at radius 1 is 1.06 bits per heavy atom. The predicted octanol–water partition coefficient (Wildman–Crippen LogP) is 4.43. The highest BCUT2D eigenvalue weighted by atomic mass is 32.2. The second-order valence-corrected chi connectivity index (χ2v) is 9.57. The molecule has 1 amide bonds. The molecule has 5 rings (SSSR count). The zero-order chi connectivity index (χ0) is 21.4. The number of hydrazone groups is 1. The third-order valence-electron chi connectivity index (χ3n) is 6.50. The fourth-order valence-corrected chi connectivity index (χ4v) is 5.83. The Bertz CT molecular complexity index is 978. The molecular formula is C24H27FN4OS. The number of amides is 1. The number of thioether (sulfide) groups is 1. The second-order valence-electron chi connectivity index (χ2n) is 8.63. The van der Waals surface area contributed by atoms with E-state index in [0.717, 1.165) is 42.2 Å². The number of rotatable bonds is 4. The molecule has 2 aromatic rings. The molecule has 1 N–H and O–H groups in total. The maximum Gasteiger partial charge on any atom is 0.231 e. The molecule has 0 aromatic heterocycles. The minimum Gasteiger partial charge on any atom is -0.307 e. The van der Waals surface area contributed by atoms with Gasteiger partial charge < -0.3 is 4.90 Å². The number of halogens is 1. The Balaban J connectivity index is 1.37. The SMILES string of the molecule is Cc1ccc(CSC2=NNC3N(Cc4ccc(F)cc4)C(=O)C4CCCCC4N23)cc1. The van der Waals surface area contributed by atoms with Crippen molar-refractivity contribution in [2.75, 3.05) is 0 Å². The van der Waals surface area contributed by atoms with Gasteiger partial charge in [-0.15, -0.1) is 0 Å². The van der Waals surface area contributed by atoms with E-state index < -0.39 is 0 Å². The van der Waals surface area contributed by atoms with E-state index in [9.17, 15) is 9.18 Å². The van der Waals surface area contributed by atoms with Crippen LogP contribution in [0.25, 0.3) is 0 Å². The summed E-state index contributed by atoms with van der Waals surface area (Å²) in [6.45, 7) is 2.54. The molecule has 3 atom stereocenters. The summed E-state index contributed by atoms with van der Waals surface area (Å²) in [7, 11) is 0. The normalized spacial score (nSPS) is 25.0. The molecule has 1 saturated heterocycles. The minimum atomic E-state index is -0.280. The monoisotopic (exact) mass is 438 g/mol. The number of carbonyl (C=O) groups excluding carboxylic acids is 1. The number of fused-ring (bicyclic) bond motifs is 3. The van der Waals surface area contributed by atoms with Gasteiger partial charge in [-0.1, -0.05) is 66.6 Å². The van der Waals surface area contributed by atoms with Gasteiger partial charge in [-0.25, -0.2) is 4.39 Å². The number of aryl methyl sites for hydroxylation is 1. The van der Waals surface area contributed by atoms with Crippen LogP contribution in [0.1, 0.15) is 42.4 Å². The van der Waals surface area contributed by atoms with Gasteiger partial charge in [-0.05, 0) is 43.0 Å².